The molecular formula is C29H29N3O8. The van der Waals surface area contributed by atoms with E-state index in [4.69, 9.17) is 9.47 Å². The number of rotatable bonds is 6. The summed E-state index contributed by atoms with van der Waals surface area (Å²) >= 11 is 0. The van der Waals surface area contributed by atoms with Crippen molar-refractivity contribution in [2.75, 3.05) is 0 Å². The molecule has 0 bridgehead atoms. The average Bonchev–Trinajstić information content (AvgIpc) is 3.51. The van der Waals surface area contributed by atoms with Crippen LogP contribution in [-0.2, 0) is 19.1 Å². The summed E-state index contributed by atoms with van der Waals surface area (Å²) in [6.45, 7) is 0. The summed E-state index contributed by atoms with van der Waals surface area (Å²) < 4.78 is 10.0. The molecule has 0 radical (unpaired) electrons. The second-order valence-electron chi connectivity index (χ2n) is 9.94. The number of ether oxygens (including phenoxy) is 2. The number of benzene rings is 2. The Kier molecular flexibility index (Phi) is 7.92. The number of amides is 3. The summed E-state index contributed by atoms with van der Waals surface area (Å²) in [7, 11) is 0. The molecule has 3 aliphatic heterocycles. The Hall–Kier alpha value is -4.51. The molecule has 2 unspecified atom stereocenters. The summed E-state index contributed by atoms with van der Waals surface area (Å²) in [5.41, 5.74) is 0.666. The van der Waals surface area contributed by atoms with Gasteiger partial charge in [-0.3, -0.25) is 19.2 Å². The first-order valence-corrected chi connectivity index (χ1v) is 13.1. The van der Waals surface area contributed by atoms with E-state index in [1.165, 1.54) is 29.2 Å². The summed E-state index contributed by atoms with van der Waals surface area (Å²) in [6, 6.07) is 11.7. The number of hydrogen-bond donors (Lipinski definition) is 3. The van der Waals surface area contributed by atoms with E-state index in [0.29, 0.717) is 24.8 Å². The monoisotopic (exact) mass is 547 g/mol. The Morgan fingerprint density at radius 2 is 1.62 bits per heavy atom. The van der Waals surface area contributed by atoms with Crippen LogP contribution in [0.4, 0.5) is 0 Å². The molecule has 5 atom stereocenters. The van der Waals surface area contributed by atoms with Crippen molar-refractivity contribution in [1.82, 2.24) is 15.5 Å². The Morgan fingerprint density at radius 1 is 0.900 bits per heavy atom. The second-order valence-corrected chi connectivity index (χ2v) is 9.94. The van der Waals surface area contributed by atoms with Gasteiger partial charge in [0.05, 0.1) is 12.0 Å². The highest BCUT2D eigenvalue weighted by Crippen LogP contribution is 2.30. The Balaban J connectivity index is 1.24. The topological polar surface area (TPSA) is 151 Å². The summed E-state index contributed by atoms with van der Waals surface area (Å²) in [5.74, 6) is -2.22. The van der Waals surface area contributed by atoms with Gasteiger partial charge < -0.3 is 30.1 Å². The van der Waals surface area contributed by atoms with E-state index in [1.807, 2.05) is 12.2 Å². The normalized spacial score (nSPS) is 25.8. The van der Waals surface area contributed by atoms with Crippen molar-refractivity contribution in [2.45, 2.75) is 62.6 Å². The van der Waals surface area contributed by atoms with Crippen LogP contribution in [0, 0.1) is 0 Å². The van der Waals surface area contributed by atoms with Crippen LogP contribution in [0.3, 0.4) is 0 Å². The van der Waals surface area contributed by atoms with Gasteiger partial charge in [-0.2, -0.15) is 0 Å². The Labute approximate surface area is 230 Å². The molecule has 11 nitrogen and oxygen atoms in total. The zero-order valence-electron chi connectivity index (χ0n) is 21.5. The van der Waals surface area contributed by atoms with Crippen LogP contribution in [0.25, 0.3) is 0 Å². The van der Waals surface area contributed by atoms with Crippen LogP contribution in [0.2, 0.25) is 0 Å². The molecule has 208 valence electrons. The average molecular weight is 548 g/mol. The van der Waals surface area contributed by atoms with E-state index in [9.17, 15) is 29.1 Å². The fourth-order valence-electron chi connectivity index (χ4n) is 5.19. The van der Waals surface area contributed by atoms with Crippen LogP contribution < -0.4 is 15.4 Å². The number of nitrogens with one attached hydrogen (secondary N) is 2. The molecule has 3 heterocycles. The van der Waals surface area contributed by atoms with Crippen LogP contribution in [0.5, 0.6) is 5.75 Å². The molecule has 2 aromatic rings. The maximum atomic E-state index is 13.6. The number of aliphatic hydroxyl groups excluding tert-OH is 1. The SMILES string of the molecule is O=C1CC(NC(=O)[C@@H]2CC[C@H]3CC=CC[C@H](NC(=O)c4ccc(OC(=O)c5ccccc5)cc4)C(=O)N32)C(O)O1. The van der Waals surface area contributed by atoms with E-state index < -0.39 is 48.2 Å². The number of nitrogens with zero attached hydrogens (tertiary/aromatic N) is 1. The van der Waals surface area contributed by atoms with Crippen molar-refractivity contribution in [1.29, 1.82) is 0 Å². The highest BCUT2D eigenvalue weighted by Gasteiger charge is 2.45. The van der Waals surface area contributed by atoms with Gasteiger partial charge in [-0.05, 0) is 62.1 Å². The fraction of sp³-hybridized carbons (Fsp3) is 0.345. The van der Waals surface area contributed by atoms with Crippen molar-refractivity contribution in [3.8, 4) is 5.75 Å². The van der Waals surface area contributed by atoms with Crippen LogP contribution >= 0.6 is 0 Å². The van der Waals surface area contributed by atoms with Crippen LogP contribution in [-0.4, -0.2) is 70.1 Å². The number of carbonyl (C=O) groups excluding carboxylic acids is 5. The lowest BCUT2D eigenvalue weighted by molar-refractivity contribution is -0.155. The Morgan fingerprint density at radius 3 is 2.33 bits per heavy atom. The quantitative estimate of drug-likeness (QED) is 0.279. The van der Waals surface area contributed by atoms with Crippen molar-refractivity contribution < 1.29 is 38.6 Å². The van der Waals surface area contributed by atoms with E-state index in [0.717, 1.165) is 0 Å². The smallest absolute Gasteiger partial charge is 0.343 e. The minimum atomic E-state index is -1.43. The number of fused-ring (bicyclic) bond motifs is 1. The van der Waals surface area contributed by atoms with Crippen LogP contribution in [0.15, 0.2) is 66.7 Å². The highest BCUT2D eigenvalue weighted by atomic mass is 16.6. The maximum absolute atomic E-state index is 13.6. The molecular weight excluding hydrogens is 518 g/mol. The molecule has 2 saturated heterocycles. The molecule has 11 heteroatoms. The van der Waals surface area contributed by atoms with Gasteiger partial charge in [0.1, 0.15) is 23.9 Å². The molecule has 3 amide bonds. The molecule has 0 saturated carbocycles. The van der Waals surface area contributed by atoms with E-state index in [-0.39, 0.29) is 36.1 Å². The largest absolute Gasteiger partial charge is 0.434 e. The molecule has 0 spiro atoms. The van der Waals surface area contributed by atoms with Crippen molar-refractivity contribution in [2.24, 2.45) is 0 Å². The van der Waals surface area contributed by atoms with Gasteiger partial charge in [0, 0.05) is 11.6 Å². The van der Waals surface area contributed by atoms with Gasteiger partial charge in [0.25, 0.3) is 5.91 Å². The minimum Gasteiger partial charge on any atom is -0.434 e. The number of aliphatic hydroxyl groups is 1. The van der Waals surface area contributed by atoms with Gasteiger partial charge in [0.15, 0.2) is 0 Å². The summed E-state index contributed by atoms with van der Waals surface area (Å²) in [5, 5.41) is 15.3. The van der Waals surface area contributed by atoms with E-state index >= 15 is 0 Å². The van der Waals surface area contributed by atoms with Gasteiger partial charge in [-0.15, -0.1) is 0 Å². The predicted molar refractivity (Wildman–Crippen MR) is 140 cm³/mol. The lowest BCUT2D eigenvalue weighted by Gasteiger charge is -2.34. The molecule has 5 rings (SSSR count). The van der Waals surface area contributed by atoms with E-state index in [2.05, 4.69) is 10.6 Å². The molecule has 2 fully saturated rings. The highest BCUT2D eigenvalue weighted by molar-refractivity contribution is 5.99. The lowest BCUT2D eigenvalue weighted by atomic mass is 10.0. The maximum Gasteiger partial charge on any atom is 0.343 e. The summed E-state index contributed by atoms with van der Waals surface area (Å²) in [4.78, 5) is 65.0. The number of esters is 2. The van der Waals surface area contributed by atoms with Gasteiger partial charge in [0.2, 0.25) is 18.1 Å². The predicted octanol–water partition coefficient (Wildman–Crippen LogP) is 1.46. The second kappa shape index (κ2) is 11.7. The first-order chi connectivity index (χ1) is 19.3. The van der Waals surface area contributed by atoms with Crippen LogP contribution in [0.1, 0.15) is 52.8 Å². The molecule has 0 aromatic heterocycles. The lowest BCUT2D eigenvalue weighted by Crippen LogP contribution is -2.57. The number of hydrogen-bond acceptors (Lipinski definition) is 8. The standard InChI is InChI=1S/C29H29N3O8/c33-24-16-22(29(38)40-24)31-26(35)23-15-12-19-8-4-5-9-21(27(36)32(19)23)30-25(34)17-10-13-20(14-11-17)39-28(37)18-6-2-1-3-7-18/h1-7,10-11,13-14,19,21-23,29,38H,8-9,12,15-16H2,(H,30,34)(H,31,35)/t19-,21+,22?,23+,29?/m1/s1. The minimum absolute atomic E-state index is 0.150. The third kappa shape index (κ3) is 5.89. The molecule has 0 aliphatic carbocycles. The van der Waals surface area contributed by atoms with Crippen molar-refractivity contribution in [3.63, 3.8) is 0 Å². The number of cyclic esters (lactones) is 1. The number of carbonyl (C=O) groups is 5. The first-order valence-electron chi connectivity index (χ1n) is 13.1. The Bertz CT molecular complexity index is 1330. The van der Waals surface area contributed by atoms with E-state index in [1.54, 1.807) is 30.3 Å². The molecule has 40 heavy (non-hydrogen) atoms. The third-order valence-corrected chi connectivity index (χ3v) is 7.26. The zero-order valence-corrected chi connectivity index (χ0v) is 21.5. The third-order valence-electron chi connectivity index (χ3n) is 7.26. The van der Waals surface area contributed by atoms with Gasteiger partial charge in [-0.25, -0.2) is 4.79 Å². The molecule has 3 aliphatic rings. The van der Waals surface area contributed by atoms with Crippen molar-refractivity contribution in [3.05, 3.63) is 77.9 Å². The molecule has 3 N–H and O–H groups in total. The first kappa shape index (κ1) is 27.1. The molecule has 2 aromatic carbocycles. The fourth-order valence-corrected chi connectivity index (χ4v) is 5.19. The summed E-state index contributed by atoms with van der Waals surface area (Å²) in [6.07, 6.45) is 4.04. The van der Waals surface area contributed by atoms with Crippen molar-refractivity contribution >= 4 is 29.7 Å². The zero-order chi connectivity index (χ0) is 28.2. The van der Waals surface area contributed by atoms with Gasteiger partial charge >= 0.3 is 11.9 Å². The van der Waals surface area contributed by atoms with Gasteiger partial charge in [-0.1, -0.05) is 30.4 Å².